The quantitative estimate of drug-likeness (QED) is 0.268. The highest BCUT2D eigenvalue weighted by Crippen LogP contribution is 2.11. The fourth-order valence-electron chi connectivity index (χ4n) is 2.36. The van der Waals surface area contributed by atoms with Crippen molar-refractivity contribution in [3.63, 3.8) is 0 Å². The number of aliphatic imine (C=N–C) groups is 1. The van der Waals surface area contributed by atoms with E-state index in [0.717, 1.165) is 38.4 Å². The van der Waals surface area contributed by atoms with Crippen LogP contribution in [0.2, 0.25) is 0 Å². The van der Waals surface area contributed by atoms with Gasteiger partial charge >= 0.3 is 0 Å². The highest BCUT2D eigenvalue weighted by atomic mass is 127. The van der Waals surface area contributed by atoms with Gasteiger partial charge in [-0.05, 0) is 25.5 Å². The Morgan fingerprint density at radius 2 is 1.92 bits per heavy atom. The molecule has 2 rings (SSSR count). The number of para-hydroxylation sites is 1. The predicted octanol–water partition coefficient (Wildman–Crippen LogP) is 3.30. The lowest BCUT2D eigenvalue weighted by atomic mass is 10.3. The molecule has 0 amide bonds. The topological polar surface area (TPSA) is 52.6 Å². The van der Waals surface area contributed by atoms with E-state index in [4.69, 9.17) is 0 Å². The van der Waals surface area contributed by atoms with Gasteiger partial charge in [-0.2, -0.15) is 0 Å². The Hall–Kier alpha value is -1.35. The van der Waals surface area contributed by atoms with Gasteiger partial charge in [-0.25, -0.2) is 4.98 Å². The normalized spacial score (nSPS) is 10.9. The molecule has 0 aliphatic carbocycles. The third-order valence-corrected chi connectivity index (χ3v) is 4.66. The number of rotatable bonds is 8. The number of nitrogens with one attached hydrogen (secondary N) is 2. The first-order valence-corrected chi connectivity index (χ1v) is 9.12. The molecule has 138 valence electrons. The van der Waals surface area contributed by atoms with Gasteiger partial charge in [0.1, 0.15) is 0 Å². The number of aromatic nitrogens is 1. The first-order chi connectivity index (χ1) is 11.7. The molecule has 1 aromatic heterocycles. The van der Waals surface area contributed by atoms with Crippen LogP contribution in [0.25, 0.3) is 0 Å². The molecule has 7 heteroatoms. The van der Waals surface area contributed by atoms with Crippen LogP contribution in [0.15, 0.2) is 41.5 Å². The van der Waals surface area contributed by atoms with Crippen molar-refractivity contribution in [2.45, 2.75) is 19.8 Å². The minimum Gasteiger partial charge on any atom is -0.375 e. The summed E-state index contributed by atoms with van der Waals surface area (Å²) in [5.74, 6) is 0.852. The lowest BCUT2D eigenvalue weighted by molar-refractivity contribution is 0.727. The van der Waals surface area contributed by atoms with Crippen molar-refractivity contribution >= 4 is 47.0 Å². The van der Waals surface area contributed by atoms with Crippen LogP contribution < -0.4 is 15.5 Å². The molecule has 25 heavy (non-hydrogen) atoms. The van der Waals surface area contributed by atoms with Crippen LogP contribution in [0.4, 0.5) is 5.69 Å². The maximum atomic E-state index is 4.37. The maximum absolute atomic E-state index is 4.37. The Labute approximate surface area is 172 Å². The van der Waals surface area contributed by atoms with Gasteiger partial charge in [-0.15, -0.1) is 35.3 Å². The Kier molecular flexibility index (Phi) is 10.5. The Morgan fingerprint density at radius 1 is 1.20 bits per heavy atom. The molecule has 0 fully saturated rings. The predicted molar refractivity (Wildman–Crippen MR) is 120 cm³/mol. The standard InChI is InChI=1S/C18H27N5S.HI/c1-15-14-22-17(24-15)10-12-21-18(19-2)20-11-7-13-23(3)16-8-5-4-6-9-16;/h4-6,8-9,14H,7,10-13H2,1-3H3,(H2,19,20,21);1H. The minimum atomic E-state index is 0. The van der Waals surface area contributed by atoms with E-state index in [1.165, 1.54) is 15.6 Å². The molecule has 0 atom stereocenters. The number of benzene rings is 1. The Bertz CT molecular complexity index is 629. The third-order valence-electron chi connectivity index (χ3n) is 3.68. The molecular formula is C18H28IN5S. The number of nitrogens with zero attached hydrogens (tertiary/aromatic N) is 3. The molecule has 1 aromatic carbocycles. The maximum Gasteiger partial charge on any atom is 0.190 e. The van der Waals surface area contributed by atoms with Crippen LogP contribution in [-0.4, -0.2) is 44.7 Å². The van der Waals surface area contributed by atoms with Gasteiger partial charge in [0.15, 0.2) is 5.96 Å². The van der Waals surface area contributed by atoms with E-state index in [2.05, 4.69) is 63.7 Å². The number of hydrogen-bond donors (Lipinski definition) is 2. The van der Waals surface area contributed by atoms with Gasteiger partial charge < -0.3 is 15.5 Å². The summed E-state index contributed by atoms with van der Waals surface area (Å²) in [5.41, 5.74) is 1.25. The summed E-state index contributed by atoms with van der Waals surface area (Å²) in [6, 6.07) is 10.4. The SMILES string of the molecule is CN=C(NCCCN(C)c1ccccc1)NCCc1ncc(C)s1.I. The van der Waals surface area contributed by atoms with Gasteiger partial charge in [0.25, 0.3) is 0 Å². The zero-order valence-electron chi connectivity index (χ0n) is 15.2. The van der Waals surface area contributed by atoms with E-state index in [1.54, 1.807) is 18.4 Å². The fraction of sp³-hybridized carbons (Fsp3) is 0.444. The van der Waals surface area contributed by atoms with Gasteiger partial charge in [0.2, 0.25) is 0 Å². The van der Waals surface area contributed by atoms with Gasteiger partial charge in [0.05, 0.1) is 5.01 Å². The number of thiazole rings is 1. The average Bonchev–Trinajstić information content (AvgIpc) is 3.02. The summed E-state index contributed by atoms with van der Waals surface area (Å²) < 4.78 is 0. The second kappa shape index (κ2) is 12.1. The van der Waals surface area contributed by atoms with E-state index in [-0.39, 0.29) is 24.0 Å². The van der Waals surface area contributed by atoms with Crippen molar-refractivity contribution in [1.82, 2.24) is 15.6 Å². The van der Waals surface area contributed by atoms with Gasteiger partial charge in [0, 0.05) is 56.9 Å². The van der Waals surface area contributed by atoms with Crippen LogP contribution >= 0.6 is 35.3 Å². The van der Waals surface area contributed by atoms with Crippen molar-refractivity contribution in [2.75, 3.05) is 38.6 Å². The van der Waals surface area contributed by atoms with Crippen LogP contribution in [0.5, 0.6) is 0 Å². The number of hydrogen-bond acceptors (Lipinski definition) is 4. The van der Waals surface area contributed by atoms with Crippen molar-refractivity contribution < 1.29 is 0 Å². The lowest BCUT2D eigenvalue weighted by Crippen LogP contribution is -2.39. The first kappa shape index (κ1) is 21.7. The van der Waals surface area contributed by atoms with Crippen molar-refractivity contribution in [1.29, 1.82) is 0 Å². The highest BCUT2D eigenvalue weighted by molar-refractivity contribution is 14.0. The summed E-state index contributed by atoms with van der Waals surface area (Å²) >= 11 is 1.75. The summed E-state index contributed by atoms with van der Waals surface area (Å²) in [6.45, 7) is 4.83. The lowest BCUT2D eigenvalue weighted by Gasteiger charge is -2.19. The Morgan fingerprint density at radius 3 is 2.56 bits per heavy atom. The molecule has 0 bridgehead atoms. The zero-order valence-corrected chi connectivity index (χ0v) is 18.3. The highest BCUT2D eigenvalue weighted by Gasteiger charge is 2.02. The first-order valence-electron chi connectivity index (χ1n) is 8.31. The molecule has 0 radical (unpaired) electrons. The molecule has 1 heterocycles. The summed E-state index contributed by atoms with van der Waals surface area (Å²) in [6.07, 6.45) is 3.91. The third kappa shape index (κ3) is 8.04. The molecule has 2 N–H and O–H groups in total. The molecule has 5 nitrogen and oxygen atoms in total. The number of anilines is 1. The van der Waals surface area contributed by atoms with Crippen LogP contribution in [0.1, 0.15) is 16.3 Å². The molecule has 0 saturated carbocycles. The van der Waals surface area contributed by atoms with E-state index in [1.807, 2.05) is 12.3 Å². The average molecular weight is 473 g/mol. The molecule has 2 aromatic rings. The zero-order chi connectivity index (χ0) is 17.2. The molecule has 0 spiro atoms. The minimum absolute atomic E-state index is 0. The number of aryl methyl sites for hydroxylation is 1. The summed E-state index contributed by atoms with van der Waals surface area (Å²) in [4.78, 5) is 12.2. The number of halogens is 1. The summed E-state index contributed by atoms with van der Waals surface area (Å²) in [7, 11) is 3.93. The summed E-state index contributed by atoms with van der Waals surface area (Å²) in [5, 5.41) is 7.87. The van der Waals surface area contributed by atoms with Crippen LogP contribution in [0.3, 0.4) is 0 Å². The molecular weight excluding hydrogens is 445 g/mol. The second-order valence-corrected chi connectivity index (χ2v) is 6.97. The van der Waals surface area contributed by atoms with Crippen LogP contribution in [0, 0.1) is 6.92 Å². The smallest absolute Gasteiger partial charge is 0.190 e. The van der Waals surface area contributed by atoms with Gasteiger partial charge in [-0.3, -0.25) is 4.99 Å². The molecule has 0 saturated heterocycles. The van der Waals surface area contributed by atoms with Crippen LogP contribution in [-0.2, 0) is 6.42 Å². The largest absolute Gasteiger partial charge is 0.375 e. The van der Waals surface area contributed by atoms with Gasteiger partial charge in [-0.1, -0.05) is 18.2 Å². The second-order valence-electron chi connectivity index (χ2n) is 5.65. The van der Waals surface area contributed by atoms with Crippen molar-refractivity contribution in [2.24, 2.45) is 4.99 Å². The van der Waals surface area contributed by atoms with E-state index >= 15 is 0 Å². The molecule has 0 unspecified atom stereocenters. The van der Waals surface area contributed by atoms with E-state index < -0.39 is 0 Å². The molecule has 0 aliphatic rings. The van der Waals surface area contributed by atoms with Crippen molar-refractivity contribution in [3.05, 3.63) is 46.4 Å². The molecule has 0 aliphatic heterocycles. The monoisotopic (exact) mass is 473 g/mol. The Balaban J connectivity index is 0.00000312. The van der Waals surface area contributed by atoms with E-state index in [0.29, 0.717) is 0 Å². The fourth-order valence-corrected chi connectivity index (χ4v) is 3.15. The van der Waals surface area contributed by atoms with E-state index in [9.17, 15) is 0 Å². The van der Waals surface area contributed by atoms with Crippen molar-refractivity contribution in [3.8, 4) is 0 Å². The number of guanidine groups is 1.